The highest BCUT2D eigenvalue weighted by molar-refractivity contribution is 7.88. The van der Waals surface area contributed by atoms with Crippen molar-refractivity contribution < 1.29 is 13.2 Å². The lowest BCUT2D eigenvalue weighted by Gasteiger charge is -2.25. The fourth-order valence-corrected chi connectivity index (χ4v) is 3.66. The Labute approximate surface area is 171 Å². The van der Waals surface area contributed by atoms with Crippen molar-refractivity contribution in [1.82, 2.24) is 19.2 Å². The van der Waals surface area contributed by atoms with Gasteiger partial charge in [-0.25, -0.2) is 13.4 Å². The summed E-state index contributed by atoms with van der Waals surface area (Å²) < 4.78 is 27.1. The van der Waals surface area contributed by atoms with Crippen LogP contribution in [0.4, 0.5) is 0 Å². The molecule has 7 nitrogen and oxygen atoms in total. The maximum atomic E-state index is 12.9. The predicted octanol–water partition coefficient (Wildman–Crippen LogP) is 2.43. The van der Waals surface area contributed by atoms with E-state index in [9.17, 15) is 13.2 Å². The maximum Gasteiger partial charge on any atom is 0.243 e. The number of hydrogen-bond donors (Lipinski definition) is 1. The quantitative estimate of drug-likeness (QED) is 0.646. The summed E-state index contributed by atoms with van der Waals surface area (Å²) in [6.07, 6.45) is 4.72. The molecule has 0 saturated heterocycles. The molecule has 0 spiro atoms. The highest BCUT2D eigenvalue weighted by atomic mass is 32.2. The zero-order valence-corrected chi connectivity index (χ0v) is 17.4. The second-order valence-electron chi connectivity index (χ2n) is 6.82. The van der Waals surface area contributed by atoms with E-state index in [1.165, 1.54) is 7.05 Å². The van der Waals surface area contributed by atoms with Crippen molar-refractivity contribution >= 4 is 15.9 Å². The van der Waals surface area contributed by atoms with Crippen LogP contribution in [0.2, 0.25) is 0 Å². The van der Waals surface area contributed by atoms with E-state index in [4.69, 9.17) is 0 Å². The molecule has 0 fully saturated rings. The van der Waals surface area contributed by atoms with Crippen LogP contribution in [0.3, 0.4) is 0 Å². The van der Waals surface area contributed by atoms with E-state index in [1.807, 2.05) is 48.0 Å². The molecule has 0 saturated carbocycles. The van der Waals surface area contributed by atoms with Crippen LogP contribution in [-0.2, 0) is 21.4 Å². The highest BCUT2D eigenvalue weighted by Gasteiger charge is 2.30. The molecule has 0 aliphatic heterocycles. The zero-order chi connectivity index (χ0) is 21.0. The highest BCUT2D eigenvalue weighted by Crippen LogP contribution is 2.22. The molecule has 0 radical (unpaired) electrons. The van der Waals surface area contributed by atoms with Gasteiger partial charge < -0.3 is 9.88 Å². The smallest absolute Gasteiger partial charge is 0.243 e. The Morgan fingerprint density at radius 1 is 1.14 bits per heavy atom. The Kier molecular flexibility index (Phi) is 6.14. The predicted molar refractivity (Wildman–Crippen MR) is 112 cm³/mol. The van der Waals surface area contributed by atoms with Crippen LogP contribution in [0.5, 0.6) is 0 Å². The third-order valence-electron chi connectivity index (χ3n) is 4.76. The Morgan fingerprint density at radius 3 is 2.34 bits per heavy atom. The Bertz CT molecular complexity index is 1080. The number of amides is 1. The van der Waals surface area contributed by atoms with Crippen molar-refractivity contribution in [1.29, 1.82) is 0 Å². The summed E-state index contributed by atoms with van der Waals surface area (Å²) in [4.78, 5) is 17.1. The van der Waals surface area contributed by atoms with Crippen LogP contribution in [0.1, 0.15) is 23.0 Å². The summed E-state index contributed by atoms with van der Waals surface area (Å²) in [5.74, 6) is 0.513. The van der Waals surface area contributed by atoms with Gasteiger partial charge in [-0.3, -0.25) is 4.79 Å². The van der Waals surface area contributed by atoms with Gasteiger partial charge in [-0.2, -0.15) is 4.31 Å². The van der Waals surface area contributed by atoms with Crippen molar-refractivity contribution in [2.24, 2.45) is 0 Å². The number of carbonyl (C=O) groups excluding carboxylic acids is 1. The van der Waals surface area contributed by atoms with Crippen molar-refractivity contribution in [2.45, 2.75) is 19.5 Å². The van der Waals surface area contributed by atoms with E-state index >= 15 is 0 Å². The molecular formula is C21H24N4O3S. The van der Waals surface area contributed by atoms with Gasteiger partial charge in [0.2, 0.25) is 15.9 Å². The fourth-order valence-electron chi connectivity index (χ4n) is 3.06. The number of carbonyl (C=O) groups is 1. The maximum absolute atomic E-state index is 12.9. The SMILES string of the molecule is Cc1nccn1-c1ccc(CNC(=O)[C@@H](c2ccccc2)N(C)S(C)(=O)=O)cc1. The summed E-state index contributed by atoms with van der Waals surface area (Å²) in [6, 6.07) is 15.7. The Balaban J connectivity index is 1.74. The number of likely N-dealkylation sites (N-methyl/N-ethyl adjacent to an activating group) is 1. The third kappa shape index (κ3) is 4.90. The van der Waals surface area contributed by atoms with Gasteiger partial charge in [-0.05, 0) is 30.2 Å². The molecule has 1 heterocycles. The summed E-state index contributed by atoms with van der Waals surface area (Å²) in [6.45, 7) is 2.22. The van der Waals surface area contributed by atoms with Crippen molar-refractivity contribution in [3.8, 4) is 5.69 Å². The molecule has 8 heteroatoms. The molecule has 3 aromatic rings. The van der Waals surface area contributed by atoms with Crippen LogP contribution in [-0.4, -0.2) is 41.5 Å². The third-order valence-corrected chi connectivity index (χ3v) is 6.01. The number of sulfonamides is 1. The second-order valence-corrected chi connectivity index (χ2v) is 8.86. The van der Waals surface area contributed by atoms with E-state index in [0.29, 0.717) is 12.1 Å². The normalized spacial score (nSPS) is 12.7. The molecule has 1 N–H and O–H groups in total. The summed E-state index contributed by atoms with van der Waals surface area (Å²) >= 11 is 0. The van der Waals surface area contributed by atoms with Gasteiger partial charge in [0.05, 0.1) is 6.26 Å². The largest absolute Gasteiger partial charge is 0.350 e. The van der Waals surface area contributed by atoms with Crippen LogP contribution < -0.4 is 5.32 Å². The van der Waals surface area contributed by atoms with Crippen LogP contribution in [0.25, 0.3) is 5.69 Å². The molecule has 1 atom stereocenters. The minimum Gasteiger partial charge on any atom is -0.350 e. The Morgan fingerprint density at radius 2 is 1.79 bits per heavy atom. The lowest BCUT2D eigenvalue weighted by molar-refractivity contribution is -0.124. The molecule has 3 rings (SSSR count). The van der Waals surface area contributed by atoms with Gasteiger partial charge in [-0.1, -0.05) is 42.5 Å². The Hall–Kier alpha value is -2.97. The first kappa shape index (κ1) is 20.8. The average molecular weight is 413 g/mol. The summed E-state index contributed by atoms with van der Waals surface area (Å²) in [5.41, 5.74) is 2.51. The fraction of sp³-hybridized carbons (Fsp3) is 0.238. The van der Waals surface area contributed by atoms with E-state index in [1.54, 1.807) is 30.5 Å². The van der Waals surface area contributed by atoms with Gasteiger partial charge in [-0.15, -0.1) is 0 Å². The van der Waals surface area contributed by atoms with Crippen LogP contribution in [0, 0.1) is 6.92 Å². The molecule has 29 heavy (non-hydrogen) atoms. The number of aryl methyl sites for hydroxylation is 1. The van der Waals surface area contributed by atoms with Gasteiger partial charge in [0.15, 0.2) is 0 Å². The van der Waals surface area contributed by atoms with Crippen LogP contribution >= 0.6 is 0 Å². The summed E-state index contributed by atoms with van der Waals surface area (Å²) in [5, 5.41) is 2.85. The number of benzene rings is 2. The van der Waals surface area contributed by atoms with Gasteiger partial charge in [0.25, 0.3) is 0 Å². The molecule has 152 valence electrons. The molecular weight excluding hydrogens is 388 g/mol. The molecule has 0 aliphatic carbocycles. The van der Waals surface area contributed by atoms with E-state index in [-0.39, 0.29) is 5.91 Å². The monoisotopic (exact) mass is 412 g/mol. The molecule has 1 amide bonds. The number of hydrogen-bond acceptors (Lipinski definition) is 4. The molecule has 0 unspecified atom stereocenters. The summed E-state index contributed by atoms with van der Waals surface area (Å²) in [7, 11) is -2.14. The van der Waals surface area contributed by atoms with Crippen molar-refractivity contribution in [2.75, 3.05) is 13.3 Å². The molecule has 2 aromatic carbocycles. The first-order valence-electron chi connectivity index (χ1n) is 9.12. The van der Waals surface area contributed by atoms with Crippen molar-refractivity contribution in [3.05, 3.63) is 83.9 Å². The van der Waals surface area contributed by atoms with Gasteiger partial charge >= 0.3 is 0 Å². The van der Waals surface area contributed by atoms with Gasteiger partial charge in [0, 0.05) is 31.7 Å². The minimum atomic E-state index is -3.55. The van der Waals surface area contributed by atoms with E-state index in [2.05, 4.69) is 10.3 Å². The number of aromatic nitrogens is 2. The average Bonchev–Trinajstić information content (AvgIpc) is 3.13. The lowest BCUT2D eigenvalue weighted by atomic mass is 10.1. The number of nitrogens with zero attached hydrogens (tertiary/aromatic N) is 3. The molecule has 1 aromatic heterocycles. The van der Waals surface area contributed by atoms with E-state index < -0.39 is 16.1 Å². The number of imidazole rings is 1. The second kappa shape index (κ2) is 8.59. The standard InChI is InChI=1S/C21H24N4O3S/c1-16-22-13-14-25(16)19-11-9-17(10-12-19)15-23-21(26)20(24(2)29(3,27)28)18-7-5-4-6-8-18/h4-14,20H,15H2,1-3H3,(H,23,26)/t20-/m1/s1. The van der Waals surface area contributed by atoms with Crippen molar-refractivity contribution in [3.63, 3.8) is 0 Å². The topological polar surface area (TPSA) is 84.3 Å². The van der Waals surface area contributed by atoms with Gasteiger partial charge in [0.1, 0.15) is 11.9 Å². The first-order chi connectivity index (χ1) is 13.8. The minimum absolute atomic E-state index is 0.295. The number of rotatable bonds is 7. The first-order valence-corrected chi connectivity index (χ1v) is 11.0. The number of nitrogens with one attached hydrogen (secondary N) is 1. The lowest BCUT2D eigenvalue weighted by Crippen LogP contribution is -2.41. The molecule has 0 aliphatic rings. The van der Waals surface area contributed by atoms with Crippen LogP contribution in [0.15, 0.2) is 67.0 Å². The molecule has 0 bridgehead atoms. The van der Waals surface area contributed by atoms with E-state index in [0.717, 1.165) is 27.6 Å². The zero-order valence-electron chi connectivity index (χ0n) is 16.6.